The Morgan fingerprint density at radius 2 is 1.96 bits per heavy atom. The van der Waals surface area contributed by atoms with E-state index >= 15 is 0 Å². The molecular formula is C18H28N3O3S+. The number of benzene rings is 1. The molecule has 1 aliphatic rings. The average Bonchev–Trinajstić information content (AvgIpc) is 2.60. The number of anilines is 1. The van der Waals surface area contributed by atoms with Crippen LogP contribution in [0.1, 0.15) is 30.6 Å². The van der Waals surface area contributed by atoms with Crippen molar-refractivity contribution in [3.63, 3.8) is 0 Å². The number of quaternary nitrogens is 1. The third kappa shape index (κ3) is 7.37. The van der Waals surface area contributed by atoms with Crippen LogP contribution in [0.25, 0.3) is 0 Å². The van der Waals surface area contributed by atoms with Crippen molar-refractivity contribution < 1.29 is 19.2 Å². The van der Waals surface area contributed by atoms with Gasteiger partial charge < -0.3 is 25.0 Å². The minimum Gasteiger partial charge on any atom is -0.459 e. The van der Waals surface area contributed by atoms with Crippen LogP contribution in [0.4, 0.5) is 5.69 Å². The van der Waals surface area contributed by atoms with E-state index in [-0.39, 0.29) is 12.1 Å². The van der Waals surface area contributed by atoms with E-state index in [0.29, 0.717) is 10.7 Å². The van der Waals surface area contributed by atoms with E-state index < -0.39 is 0 Å². The molecule has 7 heteroatoms. The van der Waals surface area contributed by atoms with Crippen LogP contribution in [0.2, 0.25) is 0 Å². The van der Waals surface area contributed by atoms with E-state index in [4.69, 9.17) is 21.7 Å². The fourth-order valence-corrected chi connectivity index (χ4v) is 2.82. The highest BCUT2D eigenvalue weighted by Crippen LogP contribution is 2.11. The highest BCUT2D eigenvalue weighted by Gasteiger charge is 2.13. The largest absolute Gasteiger partial charge is 0.459 e. The Morgan fingerprint density at radius 3 is 2.60 bits per heavy atom. The van der Waals surface area contributed by atoms with Crippen LogP contribution in [-0.2, 0) is 9.47 Å². The van der Waals surface area contributed by atoms with Crippen LogP contribution in [0.5, 0.6) is 0 Å². The van der Waals surface area contributed by atoms with Gasteiger partial charge in [-0.1, -0.05) is 0 Å². The van der Waals surface area contributed by atoms with Gasteiger partial charge in [0.2, 0.25) is 0 Å². The number of rotatable bonds is 7. The zero-order chi connectivity index (χ0) is 18.1. The van der Waals surface area contributed by atoms with E-state index in [1.54, 1.807) is 17.0 Å². The van der Waals surface area contributed by atoms with E-state index in [1.165, 1.54) is 0 Å². The van der Waals surface area contributed by atoms with Gasteiger partial charge in [0.05, 0.1) is 31.4 Å². The Kier molecular flexibility index (Phi) is 8.11. The molecule has 1 aromatic rings. The van der Waals surface area contributed by atoms with Crippen LogP contribution >= 0.6 is 12.2 Å². The number of carbonyl (C=O) groups excluding carboxylic acids is 1. The lowest BCUT2D eigenvalue weighted by molar-refractivity contribution is -0.908. The zero-order valence-corrected chi connectivity index (χ0v) is 15.8. The molecule has 0 bridgehead atoms. The molecule has 0 aliphatic carbocycles. The molecular weight excluding hydrogens is 338 g/mol. The second-order valence-corrected chi connectivity index (χ2v) is 6.79. The number of morpholine rings is 1. The fourth-order valence-electron chi connectivity index (χ4n) is 2.60. The summed E-state index contributed by atoms with van der Waals surface area (Å²) in [6, 6.07) is 7.11. The number of carbonyl (C=O) groups is 1. The Balaban J connectivity index is 1.66. The minimum absolute atomic E-state index is 0.124. The molecule has 0 amide bonds. The molecule has 138 valence electrons. The predicted octanol–water partition coefficient (Wildman–Crippen LogP) is 0.843. The molecule has 1 aromatic carbocycles. The summed E-state index contributed by atoms with van der Waals surface area (Å²) in [6.07, 6.45) is 0.943. The van der Waals surface area contributed by atoms with Crippen molar-refractivity contribution in [3.05, 3.63) is 29.8 Å². The van der Waals surface area contributed by atoms with E-state index in [2.05, 4.69) is 10.6 Å². The molecule has 0 atom stereocenters. The van der Waals surface area contributed by atoms with E-state index in [0.717, 1.165) is 51.5 Å². The highest BCUT2D eigenvalue weighted by molar-refractivity contribution is 7.80. The molecule has 0 aromatic heterocycles. The summed E-state index contributed by atoms with van der Waals surface area (Å²) in [4.78, 5) is 13.4. The fraction of sp³-hybridized carbons (Fsp3) is 0.556. The summed E-state index contributed by atoms with van der Waals surface area (Å²) >= 11 is 5.31. The van der Waals surface area contributed by atoms with Gasteiger partial charge in [0.1, 0.15) is 13.1 Å². The quantitative estimate of drug-likeness (QED) is 0.378. The van der Waals surface area contributed by atoms with Gasteiger partial charge in [0.15, 0.2) is 5.11 Å². The predicted molar refractivity (Wildman–Crippen MR) is 102 cm³/mol. The van der Waals surface area contributed by atoms with Crippen molar-refractivity contribution in [2.24, 2.45) is 0 Å². The van der Waals surface area contributed by atoms with E-state index in [1.807, 2.05) is 26.0 Å². The zero-order valence-electron chi connectivity index (χ0n) is 15.0. The highest BCUT2D eigenvalue weighted by atomic mass is 32.1. The lowest BCUT2D eigenvalue weighted by Gasteiger charge is -2.23. The van der Waals surface area contributed by atoms with Gasteiger partial charge >= 0.3 is 5.97 Å². The molecule has 1 fully saturated rings. The maximum Gasteiger partial charge on any atom is 0.338 e. The van der Waals surface area contributed by atoms with Crippen molar-refractivity contribution in [1.29, 1.82) is 0 Å². The second-order valence-electron chi connectivity index (χ2n) is 6.38. The van der Waals surface area contributed by atoms with Gasteiger partial charge in [-0.2, -0.15) is 0 Å². The summed E-state index contributed by atoms with van der Waals surface area (Å²) in [7, 11) is 0. The smallest absolute Gasteiger partial charge is 0.338 e. The van der Waals surface area contributed by atoms with Gasteiger partial charge in [0.25, 0.3) is 0 Å². The monoisotopic (exact) mass is 366 g/mol. The van der Waals surface area contributed by atoms with Crippen LogP contribution < -0.4 is 15.5 Å². The van der Waals surface area contributed by atoms with Gasteiger partial charge in [-0.05, 0) is 50.3 Å². The lowest BCUT2D eigenvalue weighted by Crippen LogP contribution is -3.14. The maximum atomic E-state index is 11.8. The summed E-state index contributed by atoms with van der Waals surface area (Å²) < 4.78 is 10.5. The van der Waals surface area contributed by atoms with Gasteiger partial charge in [-0.15, -0.1) is 0 Å². The molecule has 2 rings (SSSR count). The second kappa shape index (κ2) is 10.3. The first kappa shape index (κ1) is 19.6. The molecule has 1 saturated heterocycles. The van der Waals surface area contributed by atoms with Crippen LogP contribution in [0.15, 0.2) is 24.3 Å². The topological polar surface area (TPSA) is 64.0 Å². The van der Waals surface area contributed by atoms with Gasteiger partial charge in [-0.25, -0.2) is 4.79 Å². The number of esters is 1. The van der Waals surface area contributed by atoms with E-state index in [9.17, 15) is 4.79 Å². The summed E-state index contributed by atoms with van der Waals surface area (Å²) in [5, 5.41) is 6.94. The van der Waals surface area contributed by atoms with Gasteiger partial charge in [-0.3, -0.25) is 0 Å². The molecule has 6 nitrogen and oxygen atoms in total. The Labute approximate surface area is 154 Å². The maximum absolute atomic E-state index is 11.8. The number of nitrogens with one attached hydrogen (secondary N) is 3. The van der Waals surface area contributed by atoms with Crippen LogP contribution in [-0.4, -0.2) is 56.6 Å². The Hall–Kier alpha value is -1.70. The normalized spacial score (nSPS) is 15.0. The van der Waals surface area contributed by atoms with Crippen molar-refractivity contribution in [3.8, 4) is 0 Å². The molecule has 0 saturated carbocycles. The summed E-state index contributed by atoms with van der Waals surface area (Å²) in [5.41, 5.74) is 1.38. The Bertz CT molecular complexity index is 557. The summed E-state index contributed by atoms with van der Waals surface area (Å²) in [5.74, 6) is -0.312. The van der Waals surface area contributed by atoms with Crippen LogP contribution in [0, 0.1) is 0 Å². The van der Waals surface area contributed by atoms with Crippen molar-refractivity contribution >= 4 is 29.0 Å². The van der Waals surface area contributed by atoms with Crippen LogP contribution in [0.3, 0.4) is 0 Å². The third-order valence-electron chi connectivity index (χ3n) is 3.91. The first-order valence-electron chi connectivity index (χ1n) is 8.82. The van der Waals surface area contributed by atoms with Crippen molar-refractivity contribution in [1.82, 2.24) is 5.32 Å². The molecule has 1 aliphatic heterocycles. The number of thiocarbonyl (C=S) groups is 1. The molecule has 25 heavy (non-hydrogen) atoms. The van der Waals surface area contributed by atoms with Crippen molar-refractivity contribution in [2.45, 2.75) is 26.4 Å². The van der Waals surface area contributed by atoms with Crippen molar-refractivity contribution in [2.75, 3.05) is 44.7 Å². The number of ether oxygens (including phenoxy) is 2. The molecule has 3 N–H and O–H groups in total. The summed E-state index contributed by atoms with van der Waals surface area (Å²) in [6.45, 7) is 9.55. The standard InChI is InChI=1S/C18H27N3O3S/c1-14(2)24-17(22)15-4-6-16(7-5-15)20-18(25)19-8-3-9-21-10-12-23-13-11-21/h4-7,14H,3,8-13H2,1-2H3,(H2,19,20,25)/p+1. The first-order chi connectivity index (χ1) is 12.0. The molecule has 0 spiro atoms. The minimum atomic E-state index is -0.312. The third-order valence-corrected chi connectivity index (χ3v) is 4.16. The molecule has 0 unspecified atom stereocenters. The number of hydrogen-bond acceptors (Lipinski definition) is 4. The SMILES string of the molecule is CC(C)OC(=O)c1ccc(NC(=S)NCCC[NH+]2CCOCC2)cc1. The number of hydrogen-bond donors (Lipinski definition) is 3. The van der Waals surface area contributed by atoms with Gasteiger partial charge in [0, 0.05) is 18.7 Å². The molecule has 1 heterocycles. The lowest BCUT2D eigenvalue weighted by atomic mass is 10.2. The Morgan fingerprint density at radius 1 is 1.28 bits per heavy atom. The average molecular weight is 367 g/mol. The molecule has 0 radical (unpaired) electrons. The first-order valence-corrected chi connectivity index (χ1v) is 9.22.